The van der Waals surface area contributed by atoms with Gasteiger partial charge in [-0.3, -0.25) is 4.79 Å². The fourth-order valence-corrected chi connectivity index (χ4v) is 2.32. The Morgan fingerprint density at radius 2 is 2.18 bits per heavy atom. The highest BCUT2D eigenvalue weighted by molar-refractivity contribution is 6.31. The third kappa shape index (κ3) is 1.72. The van der Waals surface area contributed by atoms with Gasteiger partial charge in [-0.15, -0.1) is 0 Å². The largest absolute Gasteiger partial charge is 0.339 e. The number of hydrogen-bond donors (Lipinski definition) is 1. The van der Waals surface area contributed by atoms with Crippen LogP contribution in [0.3, 0.4) is 0 Å². The summed E-state index contributed by atoms with van der Waals surface area (Å²) in [6.45, 7) is 2.67. The van der Waals surface area contributed by atoms with Crippen LogP contribution in [0.1, 0.15) is 21.6 Å². The molecule has 2 heterocycles. The summed E-state index contributed by atoms with van der Waals surface area (Å²) in [6, 6.07) is 7.47. The van der Waals surface area contributed by atoms with Crippen molar-refractivity contribution in [3.63, 3.8) is 0 Å². The molecule has 2 aromatic rings. The molecule has 3 nitrogen and oxygen atoms in total. The first kappa shape index (κ1) is 10.4. The molecule has 1 aromatic heterocycles. The lowest BCUT2D eigenvalue weighted by atomic mass is 10.2. The zero-order valence-corrected chi connectivity index (χ0v) is 10.1. The minimum atomic E-state index is -0.0842. The van der Waals surface area contributed by atoms with E-state index in [-0.39, 0.29) is 5.91 Å². The van der Waals surface area contributed by atoms with E-state index in [1.54, 1.807) is 6.07 Å². The van der Waals surface area contributed by atoms with Gasteiger partial charge in [-0.05, 0) is 36.2 Å². The van der Waals surface area contributed by atoms with Gasteiger partial charge in [0.1, 0.15) is 5.69 Å². The second-order valence-corrected chi connectivity index (χ2v) is 4.72. The molecular weight excluding hydrogens is 236 g/mol. The van der Waals surface area contributed by atoms with E-state index in [1.807, 2.05) is 35.9 Å². The first-order valence-corrected chi connectivity index (χ1v) is 5.78. The molecule has 0 unspecified atom stereocenters. The Morgan fingerprint density at radius 1 is 1.35 bits per heavy atom. The summed E-state index contributed by atoms with van der Waals surface area (Å²) in [5.74, 6) is -0.0842. The number of amides is 1. The van der Waals surface area contributed by atoms with Crippen LogP contribution in [0, 0.1) is 6.92 Å². The minimum absolute atomic E-state index is 0.0842. The number of aryl methyl sites for hydroxylation is 1. The SMILES string of the molecule is Cc1cc2n(c1)Cc1ccc(Cl)cc1NC2=O. The van der Waals surface area contributed by atoms with Crippen LogP contribution in [-0.4, -0.2) is 10.5 Å². The topological polar surface area (TPSA) is 34.0 Å². The Hall–Kier alpha value is -1.74. The van der Waals surface area contributed by atoms with Crippen LogP contribution in [0.4, 0.5) is 5.69 Å². The van der Waals surface area contributed by atoms with Crippen molar-refractivity contribution in [2.75, 3.05) is 5.32 Å². The molecule has 0 atom stereocenters. The quantitative estimate of drug-likeness (QED) is 0.762. The molecule has 1 aliphatic heterocycles. The zero-order chi connectivity index (χ0) is 12.0. The van der Waals surface area contributed by atoms with Crippen molar-refractivity contribution in [2.24, 2.45) is 0 Å². The summed E-state index contributed by atoms with van der Waals surface area (Å²) < 4.78 is 1.96. The van der Waals surface area contributed by atoms with Crippen molar-refractivity contribution in [3.05, 3.63) is 52.3 Å². The molecule has 0 saturated carbocycles. The van der Waals surface area contributed by atoms with E-state index in [0.717, 1.165) is 16.8 Å². The molecule has 86 valence electrons. The number of halogens is 1. The van der Waals surface area contributed by atoms with Crippen molar-refractivity contribution in [3.8, 4) is 0 Å². The molecule has 17 heavy (non-hydrogen) atoms. The number of nitrogens with zero attached hydrogens (tertiary/aromatic N) is 1. The van der Waals surface area contributed by atoms with Crippen molar-refractivity contribution >= 4 is 23.2 Å². The fraction of sp³-hybridized carbons (Fsp3) is 0.154. The normalized spacial score (nSPS) is 13.6. The van der Waals surface area contributed by atoms with Crippen LogP contribution < -0.4 is 5.32 Å². The third-order valence-corrected chi connectivity index (χ3v) is 3.16. The molecule has 0 saturated heterocycles. The van der Waals surface area contributed by atoms with Gasteiger partial charge in [-0.25, -0.2) is 0 Å². The fourth-order valence-electron chi connectivity index (χ4n) is 2.15. The van der Waals surface area contributed by atoms with Crippen LogP contribution in [-0.2, 0) is 6.54 Å². The number of nitrogens with one attached hydrogen (secondary N) is 1. The molecule has 1 aliphatic rings. The van der Waals surface area contributed by atoms with Crippen LogP contribution in [0.25, 0.3) is 0 Å². The average Bonchev–Trinajstić information content (AvgIpc) is 2.58. The number of aromatic nitrogens is 1. The molecular formula is C13H11ClN2O. The van der Waals surface area contributed by atoms with E-state index >= 15 is 0 Å². The Kier molecular flexibility index (Phi) is 2.23. The van der Waals surface area contributed by atoms with E-state index in [4.69, 9.17) is 11.6 Å². The highest BCUT2D eigenvalue weighted by Gasteiger charge is 2.19. The third-order valence-electron chi connectivity index (χ3n) is 2.93. The first-order chi connectivity index (χ1) is 8.13. The van der Waals surface area contributed by atoms with Crippen LogP contribution in [0.15, 0.2) is 30.5 Å². The predicted octanol–water partition coefficient (Wildman–Crippen LogP) is 3.06. The van der Waals surface area contributed by atoms with Gasteiger partial charge in [0, 0.05) is 23.5 Å². The molecule has 3 rings (SSSR count). The molecule has 0 spiro atoms. The minimum Gasteiger partial charge on any atom is -0.339 e. The Morgan fingerprint density at radius 3 is 3.00 bits per heavy atom. The molecule has 1 N–H and O–H groups in total. The monoisotopic (exact) mass is 246 g/mol. The second kappa shape index (κ2) is 3.64. The van der Waals surface area contributed by atoms with Crippen LogP contribution >= 0.6 is 11.6 Å². The van der Waals surface area contributed by atoms with Crippen molar-refractivity contribution in [1.29, 1.82) is 0 Å². The summed E-state index contributed by atoms with van der Waals surface area (Å²) in [5, 5.41) is 3.52. The Labute approximate surface area is 104 Å². The molecule has 0 radical (unpaired) electrons. The van der Waals surface area contributed by atoms with E-state index < -0.39 is 0 Å². The van der Waals surface area contributed by atoms with Gasteiger partial charge in [0.05, 0.1) is 0 Å². The number of anilines is 1. The van der Waals surface area contributed by atoms with Gasteiger partial charge in [0.15, 0.2) is 0 Å². The van der Waals surface area contributed by atoms with Gasteiger partial charge in [-0.1, -0.05) is 17.7 Å². The lowest BCUT2D eigenvalue weighted by Gasteiger charge is -2.06. The molecule has 0 aliphatic carbocycles. The van der Waals surface area contributed by atoms with Gasteiger partial charge in [0.2, 0.25) is 0 Å². The van der Waals surface area contributed by atoms with Gasteiger partial charge >= 0.3 is 0 Å². The van der Waals surface area contributed by atoms with Crippen molar-refractivity contribution in [2.45, 2.75) is 13.5 Å². The highest BCUT2D eigenvalue weighted by atomic mass is 35.5. The van der Waals surface area contributed by atoms with Crippen LogP contribution in [0.5, 0.6) is 0 Å². The summed E-state index contributed by atoms with van der Waals surface area (Å²) in [5.41, 5.74) is 3.64. The van der Waals surface area contributed by atoms with Crippen molar-refractivity contribution in [1.82, 2.24) is 4.57 Å². The number of rotatable bonds is 0. The van der Waals surface area contributed by atoms with E-state index in [2.05, 4.69) is 5.32 Å². The summed E-state index contributed by atoms with van der Waals surface area (Å²) in [4.78, 5) is 12.0. The standard InChI is InChI=1S/C13H11ClN2O/c1-8-4-12-13(17)15-11-5-10(14)3-2-9(11)7-16(12)6-8/h2-6H,7H2,1H3,(H,15,17). The number of carbonyl (C=O) groups is 1. The number of fused-ring (bicyclic) bond motifs is 2. The Balaban J connectivity index is 2.15. The van der Waals surface area contributed by atoms with Crippen LogP contribution in [0.2, 0.25) is 5.02 Å². The molecule has 0 bridgehead atoms. The first-order valence-electron chi connectivity index (χ1n) is 5.40. The maximum Gasteiger partial charge on any atom is 0.272 e. The summed E-state index contributed by atoms with van der Waals surface area (Å²) in [7, 11) is 0. The van der Waals surface area contributed by atoms with E-state index in [1.165, 1.54) is 0 Å². The molecule has 1 aromatic carbocycles. The summed E-state index contributed by atoms with van der Waals surface area (Å²) >= 11 is 5.93. The molecule has 4 heteroatoms. The predicted molar refractivity (Wildman–Crippen MR) is 67.7 cm³/mol. The maximum atomic E-state index is 12.0. The maximum absolute atomic E-state index is 12.0. The molecule has 1 amide bonds. The van der Waals surface area contributed by atoms with E-state index in [9.17, 15) is 4.79 Å². The van der Waals surface area contributed by atoms with Gasteiger partial charge in [-0.2, -0.15) is 0 Å². The number of benzene rings is 1. The zero-order valence-electron chi connectivity index (χ0n) is 9.33. The Bertz CT molecular complexity index is 616. The molecule has 0 fully saturated rings. The lowest BCUT2D eigenvalue weighted by Crippen LogP contribution is -2.12. The smallest absolute Gasteiger partial charge is 0.272 e. The van der Waals surface area contributed by atoms with E-state index in [0.29, 0.717) is 17.3 Å². The summed E-state index contributed by atoms with van der Waals surface area (Å²) in [6.07, 6.45) is 1.98. The number of carbonyl (C=O) groups excluding carboxylic acids is 1. The highest BCUT2D eigenvalue weighted by Crippen LogP contribution is 2.26. The second-order valence-electron chi connectivity index (χ2n) is 4.29. The number of hydrogen-bond acceptors (Lipinski definition) is 1. The van der Waals surface area contributed by atoms with Crippen molar-refractivity contribution < 1.29 is 4.79 Å². The van der Waals surface area contributed by atoms with Gasteiger partial charge in [0.25, 0.3) is 5.91 Å². The lowest BCUT2D eigenvalue weighted by molar-refractivity contribution is 0.102. The van der Waals surface area contributed by atoms with Gasteiger partial charge < -0.3 is 9.88 Å². The average molecular weight is 247 g/mol.